The summed E-state index contributed by atoms with van der Waals surface area (Å²) >= 11 is 0. The van der Waals surface area contributed by atoms with Gasteiger partial charge in [0.05, 0.1) is 30.7 Å². The maximum Gasteiger partial charge on any atom is 0.171 e. The predicted molar refractivity (Wildman–Crippen MR) is 138 cm³/mol. The van der Waals surface area contributed by atoms with Crippen LogP contribution in [0.3, 0.4) is 0 Å². The van der Waals surface area contributed by atoms with E-state index in [1.165, 1.54) is 15.6 Å². The van der Waals surface area contributed by atoms with E-state index >= 15 is 0 Å². The molecule has 2 atom stereocenters. The van der Waals surface area contributed by atoms with Gasteiger partial charge in [0.1, 0.15) is 28.7 Å². The average molecular weight is 519 g/mol. The number of hydrogen-bond acceptors (Lipinski definition) is 9. The predicted octanol–water partition coefficient (Wildman–Crippen LogP) is 1.61. The second kappa shape index (κ2) is 8.35. The number of likely N-dealkylation sites (tertiary alicyclic amines) is 1. The highest BCUT2D eigenvalue weighted by Crippen LogP contribution is 2.44. The molecule has 0 aliphatic carbocycles. The van der Waals surface area contributed by atoms with Gasteiger partial charge in [0.2, 0.25) is 0 Å². The molecule has 0 bridgehead atoms. The second-order valence-corrected chi connectivity index (χ2v) is 11.6. The van der Waals surface area contributed by atoms with Gasteiger partial charge in [0, 0.05) is 63.1 Å². The highest BCUT2D eigenvalue weighted by Gasteiger charge is 2.51. The fraction of sp³-hybridized carbons (Fsp3) is 0.519. The van der Waals surface area contributed by atoms with Gasteiger partial charge in [-0.25, -0.2) is 13.9 Å². The molecule has 4 aliphatic heterocycles. The number of nitrogens with two attached hydrogens (primary N) is 1. The molecule has 0 amide bonds. The Morgan fingerprint density at radius 3 is 2.76 bits per heavy atom. The van der Waals surface area contributed by atoms with Crippen LogP contribution in [0.2, 0.25) is 0 Å². The summed E-state index contributed by atoms with van der Waals surface area (Å²) in [5.74, 6) is 0.539. The van der Waals surface area contributed by atoms with E-state index in [1.54, 1.807) is 6.07 Å². The molecule has 2 N–H and O–H groups in total. The van der Waals surface area contributed by atoms with Gasteiger partial charge in [0.15, 0.2) is 5.82 Å². The molecule has 1 spiro atoms. The molecule has 7 heterocycles. The number of rotatable bonds is 4. The molecule has 10 nitrogen and oxygen atoms in total. The van der Waals surface area contributed by atoms with Crippen LogP contribution in [0, 0.1) is 17.1 Å². The van der Waals surface area contributed by atoms with Crippen LogP contribution in [0.1, 0.15) is 30.7 Å². The first-order valence-corrected chi connectivity index (χ1v) is 13.1. The molecule has 198 valence electrons. The Morgan fingerprint density at radius 2 is 2.00 bits per heavy atom. The molecule has 4 aliphatic rings. The lowest BCUT2D eigenvalue weighted by molar-refractivity contribution is -0.155. The Labute approximate surface area is 220 Å². The monoisotopic (exact) mass is 518 g/mol. The quantitative estimate of drug-likeness (QED) is 0.551. The van der Waals surface area contributed by atoms with Crippen molar-refractivity contribution in [2.24, 2.45) is 5.73 Å². The van der Waals surface area contributed by atoms with Crippen LogP contribution >= 0.6 is 0 Å². The molecular weight excluding hydrogens is 487 g/mol. The first kappa shape index (κ1) is 23.8. The van der Waals surface area contributed by atoms with Crippen LogP contribution in [-0.4, -0.2) is 83.1 Å². The van der Waals surface area contributed by atoms with E-state index in [4.69, 9.17) is 20.2 Å². The van der Waals surface area contributed by atoms with Crippen molar-refractivity contribution in [3.63, 3.8) is 0 Å². The van der Waals surface area contributed by atoms with Crippen LogP contribution in [0.15, 0.2) is 30.6 Å². The zero-order valence-electron chi connectivity index (χ0n) is 21.6. The first-order chi connectivity index (χ1) is 18.2. The maximum absolute atomic E-state index is 14.7. The van der Waals surface area contributed by atoms with Crippen molar-refractivity contribution in [1.82, 2.24) is 19.5 Å². The molecular formula is C27H31FN8O2. The minimum Gasteiger partial charge on any atom is -0.370 e. The molecule has 0 radical (unpaired) electrons. The third-order valence-corrected chi connectivity index (χ3v) is 8.19. The Bertz CT molecular complexity index is 1450. The lowest BCUT2D eigenvalue weighted by atomic mass is 9.86. The van der Waals surface area contributed by atoms with Crippen molar-refractivity contribution in [2.75, 3.05) is 55.6 Å². The number of pyridine rings is 2. The summed E-state index contributed by atoms with van der Waals surface area (Å²) in [7, 11) is 0. The Morgan fingerprint density at radius 1 is 1.18 bits per heavy atom. The molecule has 0 unspecified atom stereocenters. The largest absolute Gasteiger partial charge is 0.370 e. The minimum atomic E-state index is -0.433. The number of nitrogens with zero attached hydrogens (tertiary/aromatic N) is 7. The number of hydrogen-bond donors (Lipinski definition) is 1. The third-order valence-electron chi connectivity index (χ3n) is 8.19. The normalized spacial score (nSPS) is 25.8. The van der Waals surface area contributed by atoms with Gasteiger partial charge in [-0.3, -0.25) is 4.90 Å². The number of anilines is 2. The van der Waals surface area contributed by atoms with Crippen molar-refractivity contribution in [2.45, 2.75) is 43.8 Å². The lowest BCUT2D eigenvalue weighted by Gasteiger charge is -2.50. The van der Waals surface area contributed by atoms with E-state index in [-0.39, 0.29) is 23.3 Å². The second-order valence-electron chi connectivity index (χ2n) is 11.6. The SMILES string of the molecule is C[C@@H]1CN(c2ccc(C#N)n3ncc(F)c23)C[C@H](CN2CC3(C2)OCc2cc(N4CC(C)(N)C4)ncc23)O1. The van der Waals surface area contributed by atoms with Crippen molar-refractivity contribution < 1.29 is 13.9 Å². The summed E-state index contributed by atoms with van der Waals surface area (Å²) < 4.78 is 28.7. The van der Waals surface area contributed by atoms with E-state index in [0.29, 0.717) is 30.9 Å². The average Bonchev–Trinajstić information content (AvgIpc) is 3.42. The van der Waals surface area contributed by atoms with Gasteiger partial charge < -0.3 is 25.0 Å². The van der Waals surface area contributed by atoms with Crippen molar-refractivity contribution >= 4 is 17.0 Å². The van der Waals surface area contributed by atoms with Gasteiger partial charge in [-0.05, 0) is 37.6 Å². The third kappa shape index (κ3) is 3.74. The molecule has 0 saturated carbocycles. The van der Waals surface area contributed by atoms with Gasteiger partial charge in [-0.1, -0.05) is 0 Å². The van der Waals surface area contributed by atoms with Crippen LogP contribution < -0.4 is 15.5 Å². The highest BCUT2D eigenvalue weighted by molar-refractivity contribution is 5.74. The topological polar surface area (TPSA) is 108 Å². The summed E-state index contributed by atoms with van der Waals surface area (Å²) in [5.41, 5.74) is 9.48. The highest BCUT2D eigenvalue weighted by atomic mass is 19.1. The number of fused-ring (bicyclic) bond motifs is 3. The number of halogens is 1. The van der Waals surface area contributed by atoms with E-state index in [1.807, 2.05) is 19.2 Å². The number of ether oxygens (including phenoxy) is 2. The van der Waals surface area contributed by atoms with Gasteiger partial charge in [-0.2, -0.15) is 10.4 Å². The molecule has 3 aromatic rings. The van der Waals surface area contributed by atoms with Crippen LogP contribution in [0.4, 0.5) is 15.9 Å². The fourth-order valence-corrected chi connectivity index (χ4v) is 6.56. The summed E-state index contributed by atoms with van der Waals surface area (Å²) in [4.78, 5) is 11.4. The summed E-state index contributed by atoms with van der Waals surface area (Å²) in [6.07, 6.45) is 3.08. The van der Waals surface area contributed by atoms with Crippen molar-refractivity contribution in [1.29, 1.82) is 5.26 Å². The van der Waals surface area contributed by atoms with Crippen molar-refractivity contribution in [3.05, 3.63) is 53.2 Å². The minimum absolute atomic E-state index is 0.0198. The Kier molecular flexibility index (Phi) is 5.23. The van der Waals surface area contributed by atoms with Gasteiger partial charge >= 0.3 is 0 Å². The molecule has 3 saturated heterocycles. The molecule has 3 fully saturated rings. The van der Waals surface area contributed by atoms with Crippen molar-refractivity contribution in [3.8, 4) is 6.07 Å². The molecule has 0 aromatic carbocycles. The zero-order chi connectivity index (χ0) is 26.2. The van der Waals surface area contributed by atoms with E-state index in [0.717, 1.165) is 50.4 Å². The van der Waals surface area contributed by atoms with Gasteiger partial charge in [-0.15, -0.1) is 0 Å². The fourth-order valence-electron chi connectivity index (χ4n) is 6.56. The molecule has 3 aromatic heterocycles. The van der Waals surface area contributed by atoms with Crippen LogP contribution in [0.25, 0.3) is 5.52 Å². The maximum atomic E-state index is 14.7. The number of aromatic nitrogens is 3. The standard InChI is InChI=1S/C27H31FN8O2/c1-17-9-34(23-4-3-19(6-29)36-25(23)22(28)8-32-36)11-20(38-17)10-33-15-27(16-33)21-7-31-24(5-18(21)12-37-27)35-13-26(2,30)14-35/h3-5,7-8,17,20H,9-16,30H2,1-2H3/t17-,20+/m1/s1. The Balaban J connectivity index is 1.03. The van der Waals surface area contributed by atoms with E-state index < -0.39 is 5.82 Å². The van der Waals surface area contributed by atoms with Crippen LogP contribution in [-0.2, 0) is 21.7 Å². The molecule has 38 heavy (non-hydrogen) atoms. The van der Waals surface area contributed by atoms with Crippen LogP contribution in [0.5, 0.6) is 0 Å². The molecule has 7 rings (SSSR count). The summed E-state index contributed by atoms with van der Waals surface area (Å²) in [6, 6.07) is 7.73. The number of nitriles is 1. The Hall–Kier alpha value is -3.30. The van der Waals surface area contributed by atoms with E-state index in [2.05, 4.69) is 38.9 Å². The smallest absolute Gasteiger partial charge is 0.171 e. The first-order valence-electron chi connectivity index (χ1n) is 13.1. The van der Waals surface area contributed by atoms with E-state index in [9.17, 15) is 9.65 Å². The lowest BCUT2D eigenvalue weighted by Crippen LogP contribution is -2.65. The zero-order valence-corrected chi connectivity index (χ0v) is 21.6. The number of morpholine rings is 1. The summed E-state index contributed by atoms with van der Waals surface area (Å²) in [6.45, 7) is 9.93. The molecule has 11 heteroatoms. The summed E-state index contributed by atoms with van der Waals surface area (Å²) in [5, 5.41) is 13.5. The van der Waals surface area contributed by atoms with Gasteiger partial charge in [0.25, 0.3) is 0 Å².